The van der Waals surface area contributed by atoms with Crippen LogP contribution in [-0.2, 0) is 5.41 Å². The molecular weight excluding hydrogens is 272 g/mol. The Morgan fingerprint density at radius 2 is 1.76 bits per heavy atom. The monoisotopic (exact) mass is 287 g/mol. The zero-order valence-corrected chi connectivity index (χ0v) is 11.4. The number of amides is 1. The molecule has 2 aromatic carbocycles. The molecule has 0 saturated heterocycles. The molecule has 4 heteroatoms. The van der Waals surface area contributed by atoms with Crippen molar-refractivity contribution in [1.82, 2.24) is 5.32 Å². The third-order valence-electron chi connectivity index (χ3n) is 4.01. The Labute approximate surface area is 121 Å². The molecule has 0 heterocycles. The van der Waals surface area contributed by atoms with Gasteiger partial charge in [0.1, 0.15) is 0 Å². The van der Waals surface area contributed by atoms with Crippen molar-refractivity contribution in [1.29, 1.82) is 0 Å². The minimum Gasteiger partial charge on any atom is -0.351 e. The van der Waals surface area contributed by atoms with Crippen LogP contribution < -0.4 is 5.32 Å². The first-order chi connectivity index (χ1) is 10.1. The molecule has 108 valence electrons. The van der Waals surface area contributed by atoms with Gasteiger partial charge in [-0.3, -0.25) is 4.79 Å². The van der Waals surface area contributed by atoms with Gasteiger partial charge >= 0.3 is 0 Å². The topological polar surface area (TPSA) is 29.1 Å². The fourth-order valence-electron chi connectivity index (χ4n) is 2.50. The third kappa shape index (κ3) is 2.79. The predicted octanol–water partition coefficient (Wildman–Crippen LogP) is 3.43. The predicted molar refractivity (Wildman–Crippen MR) is 76.0 cm³/mol. The van der Waals surface area contributed by atoms with Crippen molar-refractivity contribution in [2.75, 3.05) is 6.54 Å². The van der Waals surface area contributed by atoms with Gasteiger partial charge in [0.05, 0.1) is 0 Å². The van der Waals surface area contributed by atoms with Gasteiger partial charge in [0.15, 0.2) is 11.6 Å². The van der Waals surface area contributed by atoms with E-state index in [0.29, 0.717) is 6.54 Å². The molecule has 0 aliphatic heterocycles. The van der Waals surface area contributed by atoms with Gasteiger partial charge in [0.25, 0.3) is 5.91 Å². The zero-order valence-electron chi connectivity index (χ0n) is 11.4. The Kier molecular flexibility index (Phi) is 3.45. The van der Waals surface area contributed by atoms with Crippen molar-refractivity contribution in [3.63, 3.8) is 0 Å². The molecule has 21 heavy (non-hydrogen) atoms. The standard InChI is InChI=1S/C17H15F2NO/c18-14-7-6-12(10-15(14)19)16(21)20-11-17(8-9-17)13-4-2-1-3-5-13/h1-7,10H,8-9,11H2,(H,20,21). The van der Waals surface area contributed by atoms with Crippen LogP contribution in [0.4, 0.5) is 8.78 Å². The molecule has 0 bridgehead atoms. The second-order valence-electron chi connectivity index (χ2n) is 5.46. The lowest BCUT2D eigenvalue weighted by atomic mass is 9.96. The summed E-state index contributed by atoms with van der Waals surface area (Å²) in [6.45, 7) is 0.509. The lowest BCUT2D eigenvalue weighted by Gasteiger charge is -2.16. The van der Waals surface area contributed by atoms with Crippen LogP contribution in [0, 0.1) is 11.6 Å². The van der Waals surface area contributed by atoms with E-state index in [1.165, 1.54) is 11.6 Å². The molecule has 2 nitrogen and oxygen atoms in total. The van der Waals surface area contributed by atoms with Crippen molar-refractivity contribution >= 4 is 5.91 Å². The molecule has 1 saturated carbocycles. The maximum absolute atomic E-state index is 13.1. The van der Waals surface area contributed by atoms with Crippen molar-refractivity contribution in [2.45, 2.75) is 18.3 Å². The summed E-state index contributed by atoms with van der Waals surface area (Å²) in [7, 11) is 0. The summed E-state index contributed by atoms with van der Waals surface area (Å²) in [6.07, 6.45) is 2.05. The minimum atomic E-state index is -1.01. The second-order valence-corrected chi connectivity index (χ2v) is 5.46. The first-order valence-corrected chi connectivity index (χ1v) is 6.90. The first kappa shape index (κ1) is 13.7. The lowest BCUT2D eigenvalue weighted by molar-refractivity contribution is 0.0949. The smallest absolute Gasteiger partial charge is 0.251 e. The summed E-state index contributed by atoms with van der Waals surface area (Å²) in [4.78, 5) is 12.0. The van der Waals surface area contributed by atoms with Gasteiger partial charge in [-0.2, -0.15) is 0 Å². The highest BCUT2D eigenvalue weighted by atomic mass is 19.2. The summed E-state index contributed by atoms with van der Waals surface area (Å²) in [5, 5.41) is 2.82. The van der Waals surface area contributed by atoms with Gasteiger partial charge in [-0.25, -0.2) is 8.78 Å². The number of rotatable bonds is 4. The van der Waals surface area contributed by atoms with E-state index in [1.807, 2.05) is 18.2 Å². The highest BCUT2D eigenvalue weighted by Crippen LogP contribution is 2.47. The maximum Gasteiger partial charge on any atom is 0.251 e. The average molecular weight is 287 g/mol. The molecule has 0 unspecified atom stereocenters. The minimum absolute atomic E-state index is 0.00447. The summed E-state index contributed by atoms with van der Waals surface area (Å²) in [5.41, 5.74) is 1.34. The van der Waals surface area contributed by atoms with E-state index in [2.05, 4.69) is 17.4 Å². The second kappa shape index (κ2) is 5.28. The van der Waals surface area contributed by atoms with Crippen LogP contribution in [0.5, 0.6) is 0 Å². The molecule has 0 aromatic heterocycles. The van der Waals surface area contributed by atoms with Crippen LogP contribution in [0.3, 0.4) is 0 Å². The maximum atomic E-state index is 13.1. The van der Waals surface area contributed by atoms with Crippen LogP contribution in [0.1, 0.15) is 28.8 Å². The fraction of sp³-hybridized carbons (Fsp3) is 0.235. The van der Waals surface area contributed by atoms with E-state index >= 15 is 0 Å². The third-order valence-corrected chi connectivity index (χ3v) is 4.01. The number of carbonyl (C=O) groups is 1. The highest BCUT2D eigenvalue weighted by Gasteiger charge is 2.44. The Morgan fingerprint density at radius 1 is 1.05 bits per heavy atom. The number of hydrogen-bond donors (Lipinski definition) is 1. The number of halogens is 2. The van der Waals surface area contributed by atoms with Crippen molar-refractivity contribution in [2.24, 2.45) is 0 Å². The molecule has 1 fully saturated rings. The highest BCUT2D eigenvalue weighted by molar-refractivity contribution is 5.94. The Morgan fingerprint density at radius 3 is 2.38 bits per heavy atom. The van der Waals surface area contributed by atoms with Crippen LogP contribution >= 0.6 is 0 Å². The molecule has 0 spiro atoms. The Hall–Kier alpha value is -2.23. The first-order valence-electron chi connectivity index (χ1n) is 6.90. The molecule has 1 aliphatic rings. The van der Waals surface area contributed by atoms with Crippen LogP contribution in [0.15, 0.2) is 48.5 Å². The van der Waals surface area contributed by atoms with Gasteiger partial charge in [-0.1, -0.05) is 30.3 Å². The molecule has 1 aliphatic carbocycles. The van der Waals surface area contributed by atoms with Gasteiger partial charge in [0, 0.05) is 17.5 Å². The van der Waals surface area contributed by atoms with E-state index in [0.717, 1.165) is 25.0 Å². The number of carbonyl (C=O) groups excluding carboxylic acids is 1. The SMILES string of the molecule is O=C(NCC1(c2ccccc2)CC1)c1ccc(F)c(F)c1. The van der Waals surface area contributed by atoms with E-state index in [-0.39, 0.29) is 16.9 Å². The number of nitrogens with one attached hydrogen (secondary N) is 1. The lowest BCUT2D eigenvalue weighted by Crippen LogP contribution is -2.32. The molecule has 1 amide bonds. The largest absolute Gasteiger partial charge is 0.351 e. The fourth-order valence-corrected chi connectivity index (χ4v) is 2.50. The van der Waals surface area contributed by atoms with Crippen LogP contribution in [-0.4, -0.2) is 12.5 Å². The van der Waals surface area contributed by atoms with Gasteiger partial charge in [-0.15, -0.1) is 0 Å². The number of hydrogen-bond acceptors (Lipinski definition) is 1. The summed E-state index contributed by atoms with van der Waals surface area (Å²) in [6, 6.07) is 13.2. The Bertz CT molecular complexity index is 666. The van der Waals surface area contributed by atoms with E-state index in [1.54, 1.807) is 0 Å². The van der Waals surface area contributed by atoms with Gasteiger partial charge in [-0.05, 0) is 36.6 Å². The molecule has 0 radical (unpaired) electrons. The van der Waals surface area contributed by atoms with Crippen LogP contribution in [0.25, 0.3) is 0 Å². The van der Waals surface area contributed by atoms with E-state index in [4.69, 9.17) is 0 Å². The van der Waals surface area contributed by atoms with Crippen molar-refractivity contribution in [3.8, 4) is 0 Å². The molecule has 2 aromatic rings. The molecule has 1 N–H and O–H groups in total. The summed E-state index contributed by atoms with van der Waals surface area (Å²) < 4.78 is 26.0. The summed E-state index contributed by atoms with van der Waals surface area (Å²) >= 11 is 0. The van der Waals surface area contributed by atoms with Crippen molar-refractivity contribution < 1.29 is 13.6 Å². The van der Waals surface area contributed by atoms with E-state index < -0.39 is 11.6 Å². The van der Waals surface area contributed by atoms with E-state index in [9.17, 15) is 13.6 Å². The molecule has 3 rings (SSSR count). The van der Waals surface area contributed by atoms with Gasteiger partial charge in [0.2, 0.25) is 0 Å². The van der Waals surface area contributed by atoms with Gasteiger partial charge < -0.3 is 5.32 Å². The molecule has 0 atom stereocenters. The quantitative estimate of drug-likeness (QED) is 0.917. The number of benzene rings is 2. The Balaban J connectivity index is 1.68. The normalized spacial score (nSPS) is 15.5. The zero-order chi connectivity index (χ0) is 14.9. The van der Waals surface area contributed by atoms with Crippen LogP contribution in [0.2, 0.25) is 0 Å². The van der Waals surface area contributed by atoms with Crippen molar-refractivity contribution in [3.05, 3.63) is 71.3 Å². The average Bonchev–Trinajstić information content (AvgIpc) is 3.30. The molecular formula is C17H15F2NO. The summed E-state index contributed by atoms with van der Waals surface area (Å²) in [5.74, 6) is -2.34.